The van der Waals surface area contributed by atoms with Gasteiger partial charge in [0.2, 0.25) is 0 Å². The van der Waals surface area contributed by atoms with E-state index in [1.54, 1.807) is 18.2 Å². The molecule has 0 radical (unpaired) electrons. The summed E-state index contributed by atoms with van der Waals surface area (Å²) in [4.78, 5) is 18.3. The smallest absolute Gasteiger partial charge is 0.339 e. The Morgan fingerprint density at radius 1 is 0.966 bits per heavy atom. The van der Waals surface area contributed by atoms with Gasteiger partial charge in [0.05, 0.1) is 31.0 Å². The summed E-state index contributed by atoms with van der Waals surface area (Å²) in [6, 6.07) is 20.0. The van der Waals surface area contributed by atoms with E-state index in [0.717, 1.165) is 10.3 Å². The van der Waals surface area contributed by atoms with Crippen LogP contribution in [0.15, 0.2) is 66.7 Å². The van der Waals surface area contributed by atoms with E-state index in [1.165, 1.54) is 11.3 Å². The van der Waals surface area contributed by atoms with Gasteiger partial charge in [0.1, 0.15) is 19.0 Å². The lowest BCUT2D eigenvalue weighted by Crippen LogP contribution is -2.13. The summed E-state index contributed by atoms with van der Waals surface area (Å²) in [5.41, 5.74) is 1.85. The zero-order chi connectivity index (χ0) is 20.2. The van der Waals surface area contributed by atoms with Crippen LogP contribution in [0.2, 0.25) is 9.36 Å². The number of carbonyl (C=O) groups excluding carboxylic acids is 1. The lowest BCUT2D eigenvalue weighted by atomic mass is 10.1. The third-order valence-corrected chi connectivity index (χ3v) is 5.74. The second kappa shape index (κ2) is 8.82. The lowest BCUT2D eigenvalue weighted by Gasteiger charge is -2.11. The number of pyridine rings is 1. The van der Waals surface area contributed by atoms with Gasteiger partial charge in [-0.05, 0) is 36.4 Å². The molecule has 0 spiro atoms. The van der Waals surface area contributed by atoms with Crippen molar-refractivity contribution < 1.29 is 14.3 Å². The van der Waals surface area contributed by atoms with Crippen LogP contribution < -0.4 is 4.74 Å². The molecule has 2 heterocycles. The van der Waals surface area contributed by atoms with Gasteiger partial charge in [0.25, 0.3) is 0 Å². The molecule has 0 amide bonds. The van der Waals surface area contributed by atoms with Crippen molar-refractivity contribution in [3.8, 4) is 16.3 Å². The van der Waals surface area contributed by atoms with E-state index in [0.29, 0.717) is 31.9 Å². The van der Waals surface area contributed by atoms with Crippen LogP contribution >= 0.6 is 34.5 Å². The molecule has 0 aliphatic heterocycles. The number of halogens is 2. The van der Waals surface area contributed by atoms with E-state index < -0.39 is 5.97 Å². The molecule has 7 heteroatoms. The maximum Gasteiger partial charge on any atom is 0.339 e. The Hall–Kier alpha value is -2.60. The highest BCUT2D eigenvalue weighted by molar-refractivity contribution is 7.19. The molecule has 4 nitrogen and oxygen atoms in total. The van der Waals surface area contributed by atoms with Crippen LogP contribution in [0.25, 0.3) is 21.5 Å². The topological polar surface area (TPSA) is 48.4 Å². The number of esters is 1. The Balaban J connectivity index is 1.52. The molecule has 4 aromatic rings. The third-order valence-electron chi connectivity index (χ3n) is 4.17. The molecule has 2 aromatic carbocycles. The molecule has 0 atom stereocenters. The predicted octanol–water partition coefficient (Wildman–Crippen LogP) is 6.51. The van der Waals surface area contributed by atoms with Crippen LogP contribution in [-0.4, -0.2) is 24.2 Å². The zero-order valence-corrected chi connectivity index (χ0v) is 17.4. The number of ether oxygens (including phenoxy) is 2. The van der Waals surface area contributed by atoms with Crippen molar-refractivity contribution in [1.82, 2.24) is 4.98 Å². The number of rotatable bonds is 6. The number of thiophene rings is 1. The summed E-state index contributed by atoms with van der Waals surface area (Å²) in [6.07, 6.45) is 0. The highest BCUT2D eigenvalue weighted by Gasteiger charge is 2.16. The SMILES string of the molecule is O=C(OCCOc1ccccc1Cl)c1cc(-c2ccc(Cl)s2)nc2ccccc12. The number of benzene rings is 2. The van der Waals surface area contributed by atoms with Crippen molar-refractivity contribution in [3.05, 3.63) is 81.7 Å². The normalized spacial score (nSPS) is 10.8. The first-order valence-electron chi connectivity index (χ1n) is 8.82. The molecule has 2 aromatic heterocycles. The molecule has 0 aliphatic rings. The van der Waals surface area contributed by atoms with Gasteiger partial charge < -0.3 is 9.47 Å². The Labute approximate surface area is 181 Å². The first-order chi connectivity index (χ1) is 14.1. The fraction of sp³-hybridized carbons (Fsp3) is 0.0909. The molecule has 0 saturated carbocycles. The molecule has 0 fully saturated rings. The molecule has 4 rings (SSSR count). The van der Waals surface area contributed by atoms with E-state index in [2.05, 4.69) is 4.98 Å². The van der Waals surface area contributed by atoms with E-state index in [-0.39, 0.29) is 13.2 Å². The summed E-state index contributed by atoms with van der Waals surface area (Å²) in [5, 5.41) is 1.24. The molecule has 0 unspecified atom stereocenters. The Morgan fingerprint density at radius 3 is 2.55 bits per heavy atom. The standard InChI is InChI=1S/C22H15Cl2NO3S/c23-16-6-2-4-8-19(16)27-11-12-28-22(26)15-13-18(20-9-10-21(24)29-20)25-17-7-3-1-5-14(15)17/h1-10,13H,11-12H2. The molecule has 29 heavy (non-hydrogen) atoms. The molecule has 0 N–H and O–H groups in total. The number of hydrogen-bond acceptors (Lipinski definition) is 5. The van der Waals surface area contributed by atoms with E-state index in [1.807, 2.05) is 48.5 Å². The van der Waals surface area contributed by atoms with Crippen LogP contribution in [0.1, 0.15) is 10.4 Å². The monoisotopic (exact) mass is 443 g/mol. The fourth-order valence-corrected chi connectivity index (χ4v) is 4.04. The maximum atomic E-state index is 12.8. The average Bonchev–Trinajstić information content (AvgIpc) is 3.18. The Morgan fingerprint density at radius 2 is 1.76 bits per heavy atom. The van der Waals surface area contributed by atoms with Gasteiger partial charge in [-0.25, -0.2) is 9.78 Å². The second-order valence-corrected chi connectivity index (χ2v) is 8.21. The number of aromatic nitrogens is 1. The van der Waals surface area contributed by atoms with Crippen molar-refractivity contribution >= 4 is 51.4 Å². The van der Waals surface area contributed by atoms with Crippen LogP contribution in [0.4, 0.5) is 0 Å². The number of carbonyl (C=O) groups is 1. The van der Waals surface area contributed by atoms with Crippen LogP contribution in [0, 0.1) is 0 Å². The summed E-state index contributed by atoms with van der Waals surface area (Å²) in [5.74, 6) is 0.117. The van der Waals surface area contributed by atoms with Gasteiger partial charge in [0, 0.05) is 5.39 Å². The average molecular weight is 444 g/mol. The predicted molar refractivity (Wildman–Crippen MR) is 117 cm³/mol. The number of nitrogens with zero attached hydrogens (tertiary/aromatic N) is 1. The number of fused-ring (bicyclic) bond motifs is 1. The van der Waals surface area contributed by atoms with Crippen molar-refractivity contribution in [2.75, 3.05) is 13.2 Å². The van der Waals surface area contributed by atoms with Crippen LogP contribution in [0.5, 0.6) is 5.75 Å². The minimum absolute atomic E-state index is 0.0981. The number of hydrogen-bond donors (Lipinski definition) is 0. The van der Waals surface area contributed by atoms with E-state index in [9.17, 15) is 4.79 Å². The van der Waals surface area contributed by atoms with Crippen molar-refractivity contribution in [2.45, 2.75) is 0 Å². The second-order valence-electron chi connectivity index (χ2n) is 6.09. The van der Waals surface area contributed by atoms with Crippen molar-refractivity contribution in [1.29, 1.82) is 0 Å². The first-order valence-corrected chi connectivity index (χ1v) is 10.4. The zero-order valence-electron chi connectivity index (χ0n) is 15.1. The molecular weight excluding hydrogens is 429 g/mol. The van der Waals surface area contributed by atoms with Crippen molar-refractivity contribution in [3.63, 3.8) is 0 Å². The van der Waals surface area contributed by atoms with Crippen molar-refractivity contribution in [2.24, 2.45) is 0 Å². The molecule has 0 saturated heterocycles. The van der Waals surface area contributed by atoms with Gasteiger partial charge in [-0.3, -0.25) is 0 Å². The lowest BCUT2D eigenvalue weighted by molar-refractivity contribution is 0.0453. The highest BCUT2D eigenvalue weighted by Crippen LogP contribution is 2.32. The summed E-state index contributed by atoms with van der Waals surface area (Å²) < 4.78 is 11.7. The van der Waals surface area contributed by atoms with Gasteiger partial charge in [0.15, 0.2) is 0 Å². The first kappa shape index (κ1) is 19.7. The summed E-state index contributed by atoms with van der Waals surface area (Å²) >= 11 is 13.5. The minimum atomic E-state index is -0.435. The van der Waals surface area contributed by atoms with Gasteiger partial charge in [-0.2, -0.15) is 0 Å². The van der Waals surface area contributed by atoms with E-state index in [4.69, 9.17) is 32.7 Å². The Bertz CT molecular complexity index is 1180. The fourth-order valence-electron chi connectivity index (χ4n) is 2.85. The number of para-hydroxylation sites is 2. The molecule has 146 valence electrons. The third kappa shape index (κ3) is 4.53. The van der Waals surface area contributed by atoms with E-state index >= 15 is 0 Å². The van der Waals surface area contributed by atoms with Gasteiger partial charge >= 0.3 is 5.97 Å². The maximum absolute atomic E-state index is 12.8. The minimum Gasteiger partial charge on any atom is -0.488 e. The van der Waals surface area contributed by atoms with Crippen LogP contribution in [-0.2, 0) is 4.74 Å². The van der Waals surface area contributed by atoms with Gasteiger partial charge in [-0.1, -0.05) is 53.5 Å². The summed E-state index contributed by atoms with van der Waals surface area (Å²) in [6.45, 7) is 0.298. The quantitative estimate of drug-likeness (QED) is 0.251. The highest BCUT2D eigenvalue weighted by atomic mass is 35.5. The van der Waals surface area contributed by atoms with Crippen LogP contribution in [0.3, 0.4) is 0 Å². The van der Waals surface area contributed by atoms with Gasteiger partial charge in [-0.15, -0.1) is 11.3 Å². The molecular formula is C22H15Cl2NO3S. The molecule has 0 aliphatic carbocycles. The Kier molecular flexibility index (Phi) is 6.00. The molecule has 0 bridgehead atoms. The summed E-state index contributed by atoms with van der Waals surface area (Å²) in [7, 11) is 0. The largest absolute Gasteiger partial charge is 0.488 e.